The first-order chi connectivity index (χ1) is 7.91. The van der Waals surface area contributed by atoms with Crippen molar-refractivity contribution in [2.75, 3.05) is 19.8 Å². The van der Waals surface area contributed by atoms with Crippen LogP contribution in [0.5, 0.6) is 0 Å². The van der Waals surface area contributed by atoms with Crippen LogP contribution in [-0.4, -0.2) is 25.8 Å². The molecule has 1 N–H and O–H groups in total. The second kappa shape index (κ2) is 9.67. The van der Waals surface area contributed by atoms with Gasteiger partial charge in [0.15, 0.2) is 0 Å². The van der Waals surface area contributed by atoms with E-state index in [0.717, 1.165) is 30.6 Å². The minimum absolute atomic E-state index is 0.628. The fraction of sp³-hybridized carbons (Fsp3) is 0.867. The molecule has 102 valence electrons. The lowest BCUT2D eigenvalue weighted by molar-refractivity contribution is 0.153. The Labute approximate surface area is 108 Å². The molecule has 0 aliphatic carbocycles. The molecule has 0 aliphatic heterocycles. The molecule has 0 bridgehead atoms. The molecule has 0 aromatic rings. The van der Waals surface area contributed by atoms with E-state index in [-0.39, 0.29) is 0 Å². The number of hydrogen-bond donors (Lipinski definition) is 1. The average Bonchev–Trinajstić information content (AvgIpc) is 2.14. The van der Waals surface area contributed by atoms with Crippen LogP contribution in [0.25, 0.3) is 0 Å². The van der Waals surface area contributed by atoms with Gasteiger partial charge in [-0.15, -0.1) is 0 Å². The lowest BCUT2D eigenvalue weighted by Gasteiger charge is -2.22. The molecule has 0 aromatic heterocycles. The zero-order valence-electron chi connectivity index (χ0n) is 12.4. The highest BCUT2D eigenvalue weighted by molar-refractivity contribution is 4.87. The van der Waals surface area contributed by atoms with Crippen LogP contribution in [0.1, 0.15) is 47.5 Å². The molecule has 0 spiro atoms. The number of nitrogens with one attached hydrogen (secondary N) is 1. The van der Waals surface area contributed by atoms with Crippen molar-refractivity contribution in [2.24, 2.45) is 11.8 Å². The van der Waals surface area contributed by atoms with E-state index in [9.17, 15) is 0 Å². The van der Waals surface area contributed by atoms with E-state index in [1.165, 1.54) is 12.8 Å². The summed E-state index contributed by atoms with van der Waals surface area (Å²) < 4.78 is 5.49. The molecule has 0 rings (SSSR count). The summed E-state index contributed by atoms with van der Waals surface area (Å²) >= 11 is 0. The van der Waals surface area contributed by atoms with Gasteiger partial charge in [0, 0.05) is 12.6 Å². The molecule has 0 saturated heterocycles. The van der Waals surface area contributed by atoms with Gasteiger partial charge in [0.2, 0.25) is 0 Å². The van der Waals surface area contributed by atoms with E-state index in [1.807, 2.05) is 6.92 Å². The van der Waals surface area contributed by atoms with E-state index >= 15 is 0 Å². The normalized spacial score (nSPS) is 11.8. The summed E-state index contributed by atoms with van der Waals surface area (Å²) in [5.74, 6) is 1.50. The highest BCUT2D eigenvalue weighted by Gasteiger charge is 2.11. The SMILES string of the molecule is C=C(C)COCCNC(CC(C)C)CC(C)C. The third kappa shape index (κ3) is 11.9. The molecular weight excluding hydrogens is 210 g/mol. The van der Waals surface area contributed by atoms with Crippen LogP contribution in [0, 0.1) is 11.8 Å². The zero-order chi connectivity index (χ0) is 13.3. The van der Waals surface area contributed by atoms with Crippen LogP contribution in [0.4, 0.5) is 0 Å². The molecule has 0 fully saturated rings. The van der Waals surface area contributed by atoms with E-state index in [0.29, 0.717) is 12.6 Å². The van der Waals surface area contributed by atoms with Gasteiger partial charge in [-0.3, -0.25) is 0 Å². The Balaban J connectivity index is 3.71. The predicted octanol–water partition coefficient (Wildman–Crippen LogP) is 3.63. The first kappa shape index (κ1) is 16.7. The summed E-state index contributed by atoms with van der Waals surface area (Å²) in [5.41, 5.74) is 1.09. The van der Waals surface area contributed by atoms with Gasteiger partial charge in [-0.25, -0.2) is 0 Å². The van der Waals surface area contributed by atoms with Gasteiger partial charge in [-0.05, 0) is 31.6 Å². The van der Waals surface area contributed by atoms with E-state index < -0.39 is 0 Å². The summed E-state index contributed by atoms with van der Waals surface area (Å²) in [6, 6.07) is 0.628. The molecular formula is C15H31NO. The van der Waals surface area contributed by atoms with Crippen molar-refractivity contribution in [1.82, 2.24) is 5.32 Å². The third-order valence-electron chi connectivity index (χ3n) is 2.54. The molecule has 0 aromatic carbocycles. The van der Waals surface area contributed by atoms with E-state index in [1.54, 1.807) is 0 Å². The minimum Gasteiger partial charge on any atom is -0.376 e. The molecule has 0 saturated carbocycles. The van der Waals surface area contributed by atoms with Crippen molar-refractivity contribution in [1.29, 1.82) is 0 Å². The van der Waals surface area contributed by atoms with Crippen molar-refractivity contribution < 1.29 is 4.74 Å². The smallest absolute Gasteiger partial charge is 0.0672 e. The van der Waals surface area contributed by atoms with Gasteiger partial charge in [0.05, 0.1) is 13.2 Å². The van der Waals surface area contributed by atoms with Gasteiger partial charge >= 0.3 is 0 Å². The maximum absolute atomic E-state index is 5.49. The summed E-state index contributed by atoms with van der Waals surface area (Å²) in [4.78, 5) is 0. The predicted molar refractivity (Wildman–Crippen MR) is 76.3 cm³/mol. The first-order valence-corrected chi connectivity index (χ1v) is 6.87. The molecule has 2 nitrogen and oxygen atoms in total. The monoisotopic (exact) mass is 241 g/mol. The second-order valence-electron chi connectivity index (χ2n) is 5.92. The summed E-state index contributed by atoms with van der Waals surface area (Å²) in [5, 5.41) is 3.60. The Hall–Kier alpha value is -0.340. The lowest BCUT2D eigenvalue weighted by Crippen LogP contribution is -2.34. The maximum Gasteiger partial charge on any atom is 0.0672 e. The van der Waals surface area contributed by atoms with E-state index in [4.69, 9.17) is 4.74 Å². The van der Waals surface area contributed by atoms with Gasteiger partial charge in [0.25, 0.3) is 0 Å². The highest BCUT2D eigenvalue weighted by atomic mass is 16.5. The molecule has 0 aliphatic rings. The highest BCUT2D eigenvalue weighted by Crippen LogP contribution is 2.12. The fourth-order valence-electron chi connectivity index (χ4n) is 1.98. The maximum atomic E-state index is 5.49. The Kier molecular flexibility index (Phi) is 9.47. The number of rotatable bonds is 10. The summed E-state index contributed by atoms with van der Waals surface area (Å²) in [6.07, 6.45) is 2.50. The molecule has 2 heteroatoms. The van der Waals surface area contributed by atoms with Crippen molar-refractivity contribution >= 4 is 0 Å². The largest absolute Gasteiger partial charge is 0.376 e. The fourth-order valence-corrected chi connectivity index (χ4v) is 1.98. The molecule has 0 radical (unpaired) electrons. The molecule has 0 unspecified atom stereocenters. The average molecular weight is 241 g/mol. The van der Waals surface area contributed by atoms with Crippen LogP contribution in [0.15, 0.2) is 12.2 Å². The quantitative estimate of drug-likeness (QED) is 0.466. The topological polar surface area (TPSA) is 21.3 Å². The van der Waals surface area contributed by atoms with Crippen LogP contribution >= 0.6 is 0 Å². The van der Waals surface area contributed by atoms with Gasteiger partial charge < -0.3 is 10.1 Å². The summed E-state index contributed by atoms with van der Waals surface area (Å²) in [6.45, 7) is 17.4. The van der Waals surface area contributed by atoms with Crippen molar-refractivity contribution in [3.63, 3.8) is 0 Å². The number of ether oxygens (including phenoxy) is 1. The standard InChI is InChI=1S/C15H31NO/c1-12(2)9-15(10-13(3)4)16-7-8-17-11-14(5)6/h12-13,15-16H,5,7-11H2,1-4,6H3. The third-order valence-corrected chi connectivity index (χ3v) is 2.54. The number of hydrogen-bond acceptors (Lipinski definition) is 2. The van der Waals surface area contributed by atoms with Crippen molar-refractivity contribution in [2.45, 2.75) is 53.5 Å². The van der Waals surface area contributed by atoms with Gasteiger partial charge in [0.1, 0.15) is 0 Å². The Morgan fingerprint density at radius 1 is 1.12 bits per heavy atom. The summed E-state index contributed by atoms with van der Waals surface area (Å²) in [7, 11) is 0. The van der Waals surface area contributed by atoms with Crippen LogP contribution < -0.4 is 5.32 Å². The van der Waals surface area contributed by atoms with Gasteiger partial charge in [-0.2, -0.15) is 0 Å². The van der Waals surface area contributed by atoms with Crippen LogP contribution in [0.3, 0.4) is 0 Å². The second-order valence-corrected chi connectivity index (χ2v) is 5.92. The Bertz CT molecular complexity index is 189. The lowest BCUT2D eigenvalue weighted by atomic mass is 9.96. The van der Waals surface area contributed by atoms with Crippen molar-refractivity contribution in [3.05, 3.63) is 12.2 Å². The van der Waals surface area contributed by atoms with Crippen LogP contribution in [0.2, 0.25) is 0 Å². The van der Waals surface area contributed by atoms with E-state index in [2.05, 4.69) is 39.6 Å². The molecule has 0 atom stereocenters. The van der Waals surface area contributed by atoms with Crippen LogP contribution in [-0.2, 0) is 4.74 Å². The zero-order valence-corrected chi connectivity index (χ0v) is 12.4. The Morgan fingerprint density at radius 2 is 1.65 bits per heavy atom. The van der Waals surface area contributed by atoms with Gasteiger partial charge in [-0.1, -0.05) is 39.8 Å². The first-order valence-electron chi connectivity index (χ1n) is 6.87. The molecule has 0 amide bonds. The minimum atomic E-state index is 0.628. The Morgan fingerprint density at radius 3 is 2.06 bits per heavy atom. The van der Waals surface area contributed by atoms with Crippen molar-refractivity contribution in [3.8, 4) is 0 Å². The molecule has 17 heavy (non-hydrogen) atoms. The molecule has 0 heterocycles.